The van der Waals surface area contributed by atoms with Gasteiger partial charge in [-0.2, -0.15) is 0 Å². The van der Waals surface area contributed by atoms with E-state index in [1.165, 1.54) is 36.8 Å². The lowest BCUT2D eigenvalue weighted by Gasteiger charge is -2.26. The lowest BCUT2D eigenvalue weighted by atomic mass is 9.88. The normalized spacial score (nSPS) is 16.7. The number of aryl methyl sites for hydroxylation is 1. The number of hydrogen-bond acceptors (Lipinski definition) is 4. The summed E-state index contributed by atoms with van der Waals surface area (Å²) in [5.74, 6) is -1.04. The summed E-state index contributed by atoms with van der Waals surface area (Å²) < 4.78 is 23.3. The average molecular weight is 371 g/mol. The first-order chi connectivity index (χ1) is 13.0. The number of nitrogens with one attached hydrogen (secondary N) is 1. The van der Waals surface area contributed by atoms with Crippen LogP contribution in [0.3, 0.4) is 0 Å². The molecule has 0 unspecified atom stereocenters. The van der Waals surface area contributed by atoms with Gasteiger partial charge in [-0.15, -0.1) is 0 Å². The highest BCUT2D eigenvalue weighted by molar-refractivity contribution is 5.82. The molecule has 1 N–H and O–H groups in total. The average Bonchev–Trinajstić information content (AvgIpc) is 2.68. The number of ether oxygens (including phenoxy) is 2. The fourth-order valence-corrected chi connectivity index (χ4v) is 3.16. The highest BCUT2D eigenvalue weighted by atomic mass is 19.1. The van der Waals surface area contributed by atoms with Crippen molar-refractivity contribution in [3.63, 3.8) is 0 Å². The van der Waals surface area contributed by atoms with Crippen molar-refractivity contribution in [2.75, 3.05) is 6.61 Å². The molecule has 2 atom stereocenters. The number of benzene rings is 2. The summed E-state index contributed by atoms with van der Waals surface area (Å²) in [6.07, 6.45) is 1.97. The Bertz CT molecular complexity index is 806. The van der Waals surface area contributed by atoms with E-state index in [0.717, 1.165) is 24.8 Å². The highest BCUT2D eigenvalue weighted by Crippen LogP contribution is 2.29. The van der Waals surface area contributed by atoms with Crippen LogP contribution >= 0.6 is 0 Å². The van der Waals surface area contributed by atoms with Crippen molar-refractivity contribution >= 4 is 11.9 Å². The monoisotopic (exact) mass is 371 g/mol. The van der Waals surface area contributed by atoms with E-state index in [1.807, 2.05) is 18.2 Å². The van der Waals surface area contributed by atoms with Gasteiger partial charge >= 0.3 is 5.97 Å². The van der Waals surface area contributed by atoms with E-state index in [0.29, 0.717) is 5.75 Å². The molecular formula is C21H22FNO4. The molecule has 2 aromatic rings. The summed E-state index contributed by atoms with van der Waals surface area (Å²) in [5, 5.41) is 2.93. The van der Waals surface area contributed by atoms with Crippen LogP contribution in [0, 0.1) is 5.82 Å². The molecule has 0 bridgehead atoms. The molecule has 1 aliphatic carbocycles. The number of rotatable bonds is 6. The minimum Gasteiger partial charge on any atom is -0.479 e. The maximum Gasteiger partial charge on any atom is 0.347 e. The van der Waals surface area contributed by atoms with Gasteiger partial charge in [0, 0.05) is 0 Å². The molecule has 27 heavy (non-hydrogen) atoms. The first-order valence-corrected chi connectivity index (χ1v) is 8.99. The molecule has 1 aliphatic rings. The van der Waals surface area contributed by atoms with Crippen LogP contribution < -0.4 is 10.1 Å². The van der Waals surface area contributed by atoms with Crippen LogP contribution in [0.15, 0.2) is 48.5 Å². The summed E-state index contributed by atoms with van der Waals surface area (Å²) in [6.45, 7) is 1.15. The predicted octanol–water partition coefficient (Wildman–Crippen LogP) is 3.33. The maximum atomic E-state index is 12.9. The van der Waals surface area contributed by atoms with Gasteiger partial charge in [0.1, 0.15) is 11.6 Å². The van der Waals surface area contributed by atoms with Gasteiger partial charge in [-0.05, 0) is 61.6 Å². The number of halogens is 1. The Balaban J connectivity index is 1.47. The van der Waals surface area contributed by atoms with E-state index in [9.17, 15) is 14.0 Å². The Morgan fingerprint density at radius 2 is 1.93 bits per heavy atom. The smallest absolute Gasteiger partial charge is 0.347 e. The second kappa shape index (κ2) is 8.66. The zero-order valence-electron chi connectivity index (χ0n) is 15.1. The van der Waals surface area contributed by atoms with E-state index < -0.39 is 17.9 Å². The molecule has 1 amide bonds. The van der Waals surface area contributed by atoms with E-state index in [2.05, 4.69) is 11.4 Å². The number of carbonyl (C=O) groups is 2. The molecule has 6 heteroatoms. The second-order valence-corrected chi connectivity index (χ2v) is 6.53. The van der Waals surface area contributed by atoms with Crippen LogP contribution in [0.5, 0.6) is 5.75 Å². The van der Waals surface area contributed by atoms with E-state index in [1.54, 1.807) is 0 Å². The predicted molar refractivity (Wildman–Crippen MR) is 97.7 cm³/mol. The zero-order chi connectivity index (χ0) is 19.2. The summed E-state index contributed by atoms with van der Waals surface area (Å²) in [7, 11) is 0. The van der Waals surface area contributed by atoms with Gasteiger partial charge in [-0.25, -0.2) is 9.18 Å². The molecule has 0 saturated carbocycles. The molecule has 0 heterocycles. The Hall–Kier alpha value is -2.89. The van der Waals surface area contributed by atoms with Crippen molar-refractivity contribution in [1.82, 2.24) is 5.32 Å². The van der Waals surface area contributed by atoms with Crippen LogP contribution in [-0.2, 0) is 20.7 Å². The molecule has 0 aromatic heterocycles. The lowest BCUT2D eigenvalue weighted by molar-refractivity contribution is -0.154. The van der Waals surface area contributed by atoms with Crippen LogP contribution in [0.4, 0.5) is 4.39 Å². The summed E-state index contributed by atoms with van der Waals surface area (Å²) in [5.41, 5.74) is 2.36. The largest absolute Gasteiger partial charge is 0.479 e. The van der Waals surface area contributed by atoms with Crippen molar-refractivity contribution in [2.24, 2.45) is 0 Å². The summed E-state index contributed by atoms with van der Waals surface area (Å²) >= 11 is 0. The van der Waals surface area contributed by atoms with Crippen molar-refractivity contribution in [2.45, 2.75) is 38.3 Å². The molecule has 0 spiro atoms. The molecule has 142 valence electrons. The Kier molecular flexibility index (Phi) is 6.06. The first-order valence-electron chi connectivity index (χ1n) is 8.99. The van der Waals surface area contributed by atoms with Crippen LogP contribution in [0.2, 0.25) is 0 Å². The second-order valence-electron chi connectivity index (χ2n) is 6.53. The zero-order valence-corrected chi connectivity index (χ0v) is 15.1. The van der Waals surface area contributed by atoms with Crippen LogP contribution in [0.1, 0.15) is 36.9 Å². The third-order valence-electron chi connectivity index (χ3n) is 4.51. The minimum absolute atomic E-state index is 0.0611. The molecule has 0 radical (unpaired) electrons. The number of fused-ring (bicyclic) bond motifs is 1. The van der Waals surface area contributed by atoms with Gasteiger partial charge in [0.15, 0.2) is 12.7 Å². The third kappa shape index (κ3) is 5.06. The van der Waals surface area contributed by atoms with Crippen molar-refractivity contribution < 1.29 is 23.5 Å². The quantitative estimate of drug-likeness (QED) is 0.791. The van der Waals surface area contributed by atoms with E-state index in [4.69, 9.17) is 9.47 Å². The Morgan fingerprint density at radius 1 is 1.19 bits per heavy atom. The Labute approximate surface area is 157 Å². The van der Waals surface area contributed by atoms with E-state index in [-0.39, 0.29) is 18.6 Å². The number of amides is 1. The molecule has 0 aliphatic heterocycles. The summed E-state index contributed by atoms with van der Waals surface area (Å²) in [6, 6.07) is 13.3. The molecule has 0 saturated heterocycles. The van der Waals surface area contributed by atoms with Crippen molar-refractivity contribution in [3.05, 3.63) is 65.5 Å². The first kappa shape index (κ1) is 18.9. The third-order valence-corrected chi connectivity index (χ3v) is 4.51. The molecule has 0 fully saturated rings. The summed E-state index contributed by atoms with van der Waals surface area (Å²) in [4.78, 5) is 24.2. The van der Waals surface area contributed by atoms with Gasteiger partial charge in [0.05, 0.1) is 6.04 Å². The molecular weight excluding hydrogens is 349 g/mol. The van der Waals surface area contributed by atoms with Crippen LogP contribution in [0.25, 0.3) is 0 Å². The number of carbonyl (C=O) groups excluding carboxylic acids is 2. The molecule has 2 aromatic carbocycles. The highest BCUT2D eigenvalue weighted by Gasteiger charge is 2.23. The van der Waals surface area contributed by atoms with Crippen molar-refractivity contribution in [3.8, 4) is 5.75 Å². The van der Waals surface area contributed by atoms with Gasteiger partial charge in [-0.1, -0.05) is 24.3 Å². The van der Waals surface area contributed by atoms with Gasteiger partial charge < -0.3 is 14.8 Å². The molecule has 5 nitrogen and oxygen atoms in total. The SMILES string of the molecule is C[C@@H](Oc1ccc(F)cc1)C(=O)OCC(=O)N[C@H]1CCCc2ccccc21. The molecule has 3 rings (SSSR count). The minimum atomic E-state index is -0.904. The van der Waals surface area contributed by atoms with E-state index >= 15 is 0 Å². The standard InChI is InChI=1S/C21H22FNO4/c1-14(27-17-11-9-16(22)10-12-17)21(25)26-13-20(24)23-19-8-4-6-15-5-2-3-7-18(15)19/h2-3,5,7,9-12,14,19H,4,6,8,13H2,1H3,(H,23,24)/t14-,19+/m1/s1. The van der Waals surface area contributed by atoms with Gasteiger partial charge in [0.25, 0.3) is 5.91 Å². The fraction of sp³-hybridized carbons (Fsp3) is 0.333. The maximum absolute atomic E-state index is 12.9. The van der Waals surface area contributed by atoms with Crippen LogP contribution in [-0.4, -0.2) is 24.6 Å². The van der Waals surface area contributed by atoms with Gasteiger partial charge in [0.2, 0.25) is 0 Å². The van der Waals surface area contributed by atoms with Gasteiger partial charge in [-0.3, -0.25) is 4.79 Å². The number of esters is 1. The van der Waals surface area contributed by atoms with Crippen molar-refractivity contribution in [1.29, 1.82) is 0 Å². The Morgan fingerprint density at radius 3 is 2.70 bits per heavy atom. The topological polar surface area (TPSA) is 64.6 Å². The fourth-order valence-electron chi connectivity index (χ4n) is 3.16. The lowest BCUT2D eigenvalue weighted by Crippen LogP contribution is -2.36. The number of hydrogen-bond donors (Lipinski definition) is 1.